The van der Waals surface area contributed by atoms with Gasteiger partial charge in [-0.2, -0.15) is 11.8 Å². The van der Waals surface area contributed by atoms with Gasteiger partial charge in [0.05, 0.1) is 5.69 Å². The summed E-state index contributed by atoms with van der Waals surface area (Å²) in [6.45, 7) is 11.0. The van der Waals surface area contributed by atoms with Gasteiger partial charge in [0.25, 0.3) is 0 Å². The van der Waals surface area contributed by atoms with Crippen LogP contribution in [0.2, 0.25) is 0 Å². The summed E-state index contributed by atoms with van der Waals surface area (Å²) in [4.78, 5) is 4.48. The Bertz CT molecular complexity index is 388. The van der Waals surface area contributed by atoms with Gasteiger partial charge < -0.3 is 4.42 Å². The summed E-state index contributed by atoms with van der Waals surface area (Å²) in [5, 5.41) is 0. The lowest BCUT2D eigenvalue weighted by atomic mass is 9.93. The second-order valence-corrected chi connectivity index (χ2v) is 7.48. The molecule has 108 valence electrons. The van der Waals surface area contributed by atoms with E-state index < -0.39 is 0 Å². The van der Waals surface area contributed by atoms with Crippen molar-refractivity contribution in [1.82, 2.24) is 4.98 Å². The van der Waals surface area contributed by atoms with E-state index in [1.807, 2.05) is 17.8 Å². The molecule has 0 N–H and O–H groups in total. The number of hydrogen-bond donors (Lipinski definition) is 0. The van der Waals surface area contributed by atoms with Crippen LogP contribution in [0.3, 0.4) is 0 Å². The van der Waals surface area contributed by atoms with Gasteiger partial charge in [0.2, 0.25) is 5.89 Å². The van der Waals surface area contributed by atoms with Crippen LogP contribution in [0, 0.1) is 5.92 Å². The van der Waals surface area contributed by atoms with Crippen LogP contribution in [0.15, 0.2) is 16.8 Å². The molecule has 0 aliphatic carbocycles. The zero-order valence-electron chi connectivity index (χ0n) is 12.9. The van der Waals surface area contributed by atoms with E-state index >= 15 is 0 Å². The van der Waals surface area contributed by atoms with E-state index in [0.29, 0.717) is 0 Å². The maximum absolute atomic E-state index is 5.45. The third-order valence-corrected chi connectivity index (χ3v) is 4.14. The number of thioether (sulfide) groups is 1. The Kier molecular flexibility index (Phi) is 6.70. The molecule has 0 spiro atoms. The van der Waals surface area contributed by atoms with Gasteiger partial charge in [0.15, 0.2) is 0 Å². The van der Waals surface area contributed by atoms with Crippen molar-refractivity contribution in [3.63, 3.8) is 0 Å². The Labute approximate surface area is 122 Å². The molecule has 0 aliphatic rings. The summed E-state index contributed by atoms with van der Waals surface area (Å²) in [5.74, 6) is 4.02. The van der Waals surface area contributed by atoms with E-state index in [9.17, 15) is 0 Å². The molecular weight excluding hydrogens is 254 g/mol. The van der Waals surface area contributed by atoms with Gasteiger partial charge in [-0.25, -0.2) is 4.98 Å². The topological polar surface area (TPSA) is 26.0 Å². The number of nitrogens with zero attached hydrogens (tertiary/aromatic N) is 1. The van der Waals surface area contributed by atoms with Crippen molar-refractivity contribution in [2.45, 2.75) is 52.9 Å². The van der Waals surface area contributed by atoms with Crippen LogP contribution in [-0.4, -0.2) is 16.5 Å². The lowest BCUT2D eigenvalue weighted by molar-refractivity contribution is 0.531. The zero-order valence-corrected chi connectivity index (χ0v) is 13.7. The molecule has 0 fully saturated rings. The number of hydrogen-bond acceptors (Lipinski definition) is 3. The van der Waals surface area contributed by atoms with Gasteiger partial charge in [0, 0.05) is 5.41 Å². The molecule has 0 saturated carbocycles. The first kappa shape index (κ1) is 16.4. The average molecular weight is 281 g/mol. The molecular formula is C16H27NOS. The third kappa shape index (κ3) is 6.86. The van der Waals surface area contributed by atoms with Gasteiger partial charge in [-0.3, -0.25) is 0 Å². The van der Waals surface area contributed by atoms with E-state index in [1.165, 1.54) is 17.9 Å². The fourth-order valence-corrected chi connectivity index (χ4v) is 2.52. The molecule has 2 nitrogen and oxygen atoms in total. The molecule has 0 radical (unpaired) electrons. The number of oxazole rings is 1. The first-order chi connectivity index (χ1) is 8.89. The Morgan fingerprint density at radius 3 is 2.68 bits per heavy atom. The average Bonchev–Trinajstić information content (AvgIpc) is 2.75. The maximum atomic E-state index is 5.45. The fourth-order valence-electron chi connectivity index (χ4n) is 1.52. The van der Waals surface area contributed by atoms with Gasteiger partial charge in [-0.1, -0.05) is 40.7 Å². The molecule has 0 amide bonds. The molecule has 0 aliphatic heterocycles. The number of rotatable bonds is 7. The molecule has 1 aromatic rings. The maximum Gasteiger partial charge on any atom is 0.218 e. The first-order valence-corrected chi connectivity index (χ1v) is 8.25. The monoisotopic (exact) mass is 281 g/mol. The highest BCUT2D eigenvalue weighted by Crippen LogP contribution is 2.21. The SMILES string of the molecule is CC(C)CSCCC/C=C/c1nc(C(C)(C)C)co1. The van der Waals surface area contributed by atoms with Crippen LogP contribution >= 0.6 is 11.8 Å². The van der Waals surface area contributed by atoms with Crippen LogP contribution in [0.5, 0.6) is 0 Å². The minimum absolute atomic E-state index is 0.0586. The number of aromatic nitrogens is 1. The molecule has 3 heteroatoms. The molecule has 0 atom stereocenters. The largest absolute Gasteiger partial charge is 0.445 e. The zero-order chi connectivity index (χ0) is 14.3. The number of allylic oxidation sites excluding steroid dienone is 1. The highest BCUT2D eigenvalue weighted by atomic mass is 32.2. The summed E-state index contributed by atoms with van der Waals surface area (Å²) < 4.78 is 5.45. The van der Waals surface area contributed by atoms with Gasteiger partial charge >= 0.3 is 0 Å². The summed E-state index contributed by atoms with van der Waals surface area (Å²) in [6.07, 6.45) is 8.23. The van der Waals surface area contributed by atoms with Crippen molar-refractivity contribution < 1.29 is 4.42 Å². The molecule has 19 heavy (non-hydrogen) atoms. The van der Waals surface area contributed by atoms with Gasteiger partial charge in [0.1, 0.15) is 6.26 Å². The Balaban J connectivity index is 2.24. The van der Waals surface area contributed by atoms with Gasteiger partial charge in [-0.15, -0.1) is 0 Å². The fraction of sp³-hybridized carbons (Fsp3) is 0.688. The predicted molar refractivity (Wildman–Crippen MR) is 85.6 cm³/mol. The smallest absolute Gasteiger partial charge is 0.218 e. The normalized spacial score (nSPS) is 12.7. The van der Waals surface area contributed by atoms with Crippen LogP contribution in [-0.2, 0) is 5.41 Å². The highest BCUT2D eigenvalue weighted by molar-refractivity contribution is 7.99. The Morgan fingerprint density at radius 2 is 2.11 bits per heavy atom. The van der Waals surface area contributed by atoms with Crippen molar-refractivity contribution in [2.24, 2.45) is 5.92 Å². The lowest BCUT2D eigenvalue weighted by Gasteiger charge is -2.12. The second-order valence-electron chi connectivity index (χ2n) is 6.33. The highest BCUT2D eigenvalue weighted by Gasteiger charge is 2.17. The van der Waals surface area contributed by atoms with Crippen LogP contribution in [0.1, 0.15) is 59.0 Å². The summed E-state index contributed by atoms with van der Waals surface area (Å²) in [5.41, 5.74) is 1.07. The molecule has 0 unspecified atom stereocenters. The third-order valence-electron chi connectivity index (χ3n) is 2.66. The standard InChI is InChI=1S/C16H27NOS/c1-13(2)12-19-10-8-6-7-9-15-17-14(11-18-15)16(3,4)5/h7,9,11,13H,6,8,10,12H2,1-5H3/b9-7+. The van der Waals surface area contributed by atoms with Crippen molar-refractivity contribution in [3.8, 4) is 0 Å². The molecule has 1 rings (SSSR count). The van der Waals surface area contributed by atoms with Crippen LogP contribution in [0.4, 0.5) is 0 Å². The minimum Gasteiger partial charge on any atom is -0.445 e. The van der Waals surface area contributed by atoms with E-state index in [-0.39, 0.29) is 5.41 Å². The van der Waals surface area contributed by atoms with Crippen molar-refractivity contribution in [3.05, 3.63) is 23.9 Å². The van der Waals surface area contributed by atoms with Crippen LogP contribution < -0.4 is 0 Å². The van der Waals surface area contributed by atoms with E-state index in [1.54, 1.807) is 6.26 Å². The summed E-state index contributed by atoms with van der Waals surface area (Å²) in [6, 6.07) is 0. The van der Waals surface area contributed by atoms with Crippen LogP contribution in [0.25, 0.3) is 6.08 Å². The minimum atomic E-state index is 0.0586. The number of unbranched alkanes of at least 4 members (excludes halogenated alkanes) is 1. The molecule has 0 saturated heterocycles. The van der Waals surface area contributed by atoms with Crippen molar-refractivity contribution >= 4 is 17.8 Å². The van der Waals surface area contributed by atoms with E-state index in [2.05, 4.69) is 45.7 Å². The van der Waals surface area contributed by atoms with E-state index in [0.717, 1.165) is 23.9 Å². The molecule has 1 heterocycles. The van der Waals surface area contributed by atoms with Crippen molar-refractivity contribution in [1.29, 1.82) is 0 Å². The summed E-state index contributed by atoms with van der Waals surface area (Å²) >= 11 is 2.04. The van der Waals surface area contributed by atoms with E-state index in [4.69, 9.17) is 4.42 Å². The van der Waals surface area contributed by atoms with Gasteiger partial charge in [-0.05, 0) is 36.3 Å². The van der Waals surface area contributed by atoms with Crippen molar-refractivity contribution in [2.75, 3.05) is 11.5 Å². The molecule has 0 bridgehead atoms. The first-order valence-electron chi connectivity index (χ1n) is 7.10. The predicted octanol–water partition coefficient (Wildman–Crippen LogP) is 5.15. The summed E-state index contributed by atoms with van der Waals surface area (Å²) in [7, 11) is 0. The quantitative estimate of drug-likeness (QED) is 0.646. The molecule has 1 aromatic heterocycles. The Morgan fingerprint density at radius 1 is 1.37 bits per heavy atom. The second kappa shape index (κ2) is 7.78. The Hall–Kier alpha value is -0.700. The molecule has 0 aromatic carbocycles. The lowest BCUT2D eigenvalue weighted by Crippen LogP contribution is -2.11.